The van der Waals surface area contributed by atoms with Gasteiger partial charge in [-0.3, -0.25) is 4.90 Å². The molecule has 0 aromatic heterocycles. The van der Waals surface area contributed by atoms with Crippen molar-refractivity contribution in [2.45, 2.75) is 43.9 Å². The third-order valence-corrected chi connectivity index (χ3v) is 3.77. The molecule has 2 aliphatic heterocycles. The first kappa shape index (κ1) is 9.13. The van der Waals surface area contributed by atoms with Gasteiger partial charge in [-0.15, -0.1) is 0 Å². The summed E-state index contributed by atoms with van der Waals surface area (Å²) in [5.41, 5.74) is 0.115. The standard InChI is InChI=1S/C11H19NO2/c1-2-4-11(5-3-1)12(6-7-14-11)8-10-9-13-10/h10H,1-9H2. The number of ether oxygens (including phenoxy) is 2. The van der Waals surface area contributed by atoms with Gasteiger partial charge in [-0.2, -0.15) is 0 Å². The smallest absolute Gasteiger partial charge is 0.121 e. The molecule has 1 atom stereocenters. The van der Waals surface area contributed by atoms with Crippen molar-refractivity contribution in [3.8, 4) is 0 Å². The zero-order chi connectivity index (χ0) is 9.43. The van der Waals surface area contributed by atoms with Gasteiger partial charge in [-0.25, -0.2) is 0 Å². The van der Waals surface area contributed by atoms with Gasteiger partial charge in [0, 0.05) is 13.1 Å². The van der Waals surface area contributed by atoms with Crippen molar-refractivity contribution in [1.82, 2.24) is 4.90 Å². The zero-order valence-corrected chi connectivity index (χ0v) is 8.71. The lowest BCUT2D eigenvalue weighted by Crippen LogP contribution is -2.47. The molecule has 3 heteroatoms. The van der Waals surface area contributed by atoms with Gasteiger partial charge in [0.05, 0.1) is 19.3 Å². The molecular weight excluding hydrogens is 178 g/mol. The van der Waals surface area contributed by atoms with Crippen LogP contribution >= 0.6 is 0 Å². The van der Waals surface area contributed by atoms with Crippen LogP contribution in [-0.4, -0.2) is 43.0 Å². The Hall–Kier alpha value is -0.120. The summed E-state index contributed by atoms with van der Waals surface area (Å²) in [6.07, 6.45) is 7.04. The lowest BCUT2D eigenvalue weighted by molar-refractivity contribution is -0.108. The second-order valence-electron chi connectivity index (χ2n) is 4.76. The minimum Gasteiger partial charge on any atom is -0.372 e. The first-order valence-corrected chi connectivity index (χ1v) is 5.90. The van der Waals surface area contributed by atoms with E-state index in [1.54, 1.807) is 0 Å². The predicted molar refractivity (Wildman–Crippen MR) is 53.1 cm³/mol. The van der Waals surface area contributed by atoms with Crippen molar-refractivity contribution in [3.63, 3.8) is 0 Å². The van der Waals surface area contributed by atoms with Crippen LogP contribution in [0.4, 0.5) is 0 Å². The second kappa shape index (κ2) is 3.47. The van der Waals surface area contributed by atoms with Crippen molar-refractivity contribution >= 4 is 0 Å². The summed E-state index contributed by atoms with van der Waals surface area (Å²) in [4.78, 5) is 2.53. The van der Waals surface area contributed by atoms with Crippen molar-refractivity contribution in [3.05, 3.63) is 0 Å². The van der Waals surface area contributed by atoms with Gasteiger partial charge >= 0.3 is 0 Å². The monoisotopic (exact) mass is 197 g/mol. The molecule has 1 aliphatic carbocycles. The Bertz CT molecular complexity index is 209. The van der Waals surface area contributed by atoms with Crippen LogP contribution in [0.5, 0.6) is 0 Å². The first-order chi connectivity index (χ1) is 6.89. The Labute approximate surface area is 85.4 Å². The van der Waals surface area contributed by atoms with E-state index in [0.29, 0.717) is 6.10 Å². The number of hydrogen-bond acceptors (Lipinski definition) is 3. The molecule has 0 aromatic carbocycles. The minimum atomic E-state index is 0.115. The Morgan fingerprint density at radius 1 is 1.21 bits per heavy atom. The molecule has 0 radical (unpaired) electrons. The van der Waals surface area contributed by atoms with E-state index in [1.165, 1.54) is 32.1 Å². The fraction of sp³-hybridized carbons (Fsp3) is 1.00. The highest BCUT2D eigenvalue weighted by atomic mass is 16.6. The topological polar surface area (TPSA) is 25.0 Å². The summed E-state index contributed by atoms with van der Waals surface area (Å²) in [7, 11) is 0. The molecule has 1 spiro atoms. The van der Waals surface area contributed by atoms with Gasteiger partial charge in [0.1, 0.15) is 5.72 Å². The van der Waals surface area contributed by atoms with E-state index in [1.807, 2.05) is 0 Å². The van der Waals surface area contributed by atoms with E-state index in [0.717, 1.165) is 26.3 Å². The van der Waals surface area contributed by atoms with Crippen LogP contribution in [0.15, 0.2) is 0 Å². The maximum atomic E-state index is 5.99. The first-order valence-electron chi connectivity index (χ1n) is 5.90. The molecule has 14 heavy (non-hydrogen) atoms. The maximum absolute atomic E-state index is 5.99. The maximum Gasteiger partial charge on any atom is 0.121 e. The fourth-order valence-corrected chi connectivity index (χ4v) is 2.88. The predicted octanol–water partition coefficient (Wildman–Crippen LogP) is 1.38. The highest BCUT2D eigenvalue weighted by Gasteiger charge is 2.44. The third-order valence-electron chi connectivity index (χ3n) is 3.77. The largest absolute Gasteiger partial charge is 0.372 e. The molecule has 2 heterocycles. The van der Waals surface area contributed by atoms with Crippen LogP contribution < -0.4 is 0 Å². The molecule has 0 amide bonds. The minimum absolute atomic E-state index is 0.115. The molecule has 0 aromatic rings. The molecule has 2 saturated heterocycles. The van der Waals surface area contributed by atoms with E-state index in [4.69, 9.17) is 9.47 Å². The highest BCUT2D eigenvalue weighted by molar-refractivity contribution is 4.91. The lowest BCUT2D eigenvalue weighted by Gasteiger charge is -2.39. The molecule has 80 valence electrons. The van der Waals surface area contributed by atoms with Crippen LogP contribution in [0.25, 0.3) is 0 Å². The van der Waals surface area contributed by atoms with E-state index in [-0.39, 0.29) is 5.72 Å². The van der Waals surface area contributed by atoms with Gasteiger partial charge in [-0.05, 0) is 25.7 Å². The summed E-state index contributed by atoms with van der Waals surface area (Å²) >= 11 is 0. The Kier molecular flexibility index (Phi) is 2.26. The average molecular weight is 197 g/mol. The molecule has 3 aliphatic rings. The Balaban J connectivity index is 1.68. The van der Waals surface area contributed by atoms with Crippen molar-refractivity contribution < 1.29 is 9.47 Å². The van der Waals surface area contributed by atoms with Crippen LogP contribution in [-0.2, 0) is 9.47 Å². The Morgan fingerprint density at radius 3 is 2.71 bits per heavy atom. The summed E-state index contributed by atoms with van der Waals surface area (Å²) < 4.78 is 11.3. The normalized spacial score (nSPS) is 36.4. The summed E-state index contributed by atoms with van der Waals surface area (Å²) in [5.74, 6) is 0. The number of hydrogen-bond donors (Lipinski definition) is 0. The third kappa shape index (κ3) is 1.58. The van der Waals surface area contributed by atoms with E-state index in [2.05, 4.69) is 4.90 Å². The highest BCUT2D eigenvalue weighted by Crippen LogP contribution is 2.38. The second-order valence-corrected chi connectivity index (χ2v) is 4.76. The van der Waals surface area contributed by atoms with Crippen molar-refractivity contribution in [2.75, 3.05) is 26.3 Å². The fourth-order valence-electron chi connectivity index (χ4n) is 2.88. The zero-order valence-electron chi connectivity index (χ0n) is 8.71. The van der Waals surface area contributed by atoms with E-state index >= 15 is 0 Å². The van der Waals surface area contributed by atoms with Gasteiger partial charge in [0.25, 0.3) is 0 Å². The average Bonchev–Trinajstić information content (AvgIpc) is 2.95. The van der Waals surface area contributed by atoms with Crippen molar-refractivity contribution in [1.29, 1.82) is 0 Å². The summed E-state index contributed by atoms with van der Waals surface area (Å²) in [6, 6.07) is 0. The van der Waals surface area contributed by atoms with E-state index < -0.39 is 0 Å². The number of rotatable bonds is 2. The van der Waals surface area contributed by atoms with Gasteiger partial charge < -0.3 is 9.47 Å². The molecule has 3 rings (SSSR count). The van der Waals surface area contributed by atoms with Crippen LogP contribution in [0.3, 0.4) is 0 Å². The lowest BCUT2D eigenvalue weighted by atomic mass is 9.90. The summed E-state index contributed by atoms with van der Waals surface area (Å²) in [5, 5.41) is 0. The summed E-state index contributed by atoms with van der Waals surface area (Å²) in [6.45, 7) is 4.10. The molecule has 1 saturated carbocycles. The van der Waals surface area contributed by atoms with Gasteiger partial charge in [0.15, 0.2) is 0 Å². The van der Waals surface area contributed by atoms with E-state index in [9.17, 15) is 0 Å². The van der Waals surface area contributed by atoms with Crippen LogP contribution in [0, 0.1) is 0 Å². The SMILES string of the molecule is C1CCC2(CC1)OCCN2CC1CO1. The van der Waals surface area contributed by atoms with Crippen LogP contribution in [0.2, 0.25) is 0 Å². The number of epoxide rings is 1. The molecule has 3 nitrogen and oxygen atoms in total. The van der Waals surface area contributed by atoms with Gasteiger partial charge in [0.2, 0.25) is 0 Å². The molecule has 0 N–H and O–H groups in total. The van der Waals surface area contributed by atoms with Crippen LogP contribution in [0.1, 0.15) is 32.1 Å². The molecule has 1 unspecified atom stereocenters. The molecule has 0 bridgehead atoms. The molecular formula is C11H19NO2. The number of nitrogens with zero attached hydrogens (tertiary/aromatic N) is 1. The molecule has 3 fully saturated rings. The van der Waals surface area contributed by atoms with Crippen molar-refractivity contribution in [2.24, 2.45) is 0 Å². The Morgan fingerprint density at radius 2 is 2.00 bits per heavy atom. The quantitative estimate of drug-likeness (QED) is 0.625. The van der Waals surface area contributed by atoms with Gasteiger partial charge in [-0.1, -0.05) is 6.42 Å².